The van der Waals surface area contributed by atoms with Gasteiger partial charge in [-0.05, 0) is 89.1 Å². The molecule has 0 bridgehead atoms. The van der Waals surface area contributed by atoms with E-state index < -0.39 is 38.4 Å². The lowest BCUT2D eigenvalue weighted by Gasteiger charge is -2.40. The first kappa shape index (κ1) is 48.6. The number of rotatable bonds is 19. The minimum Gasteiger partial charge on any atom is -0.457 e. The molecule has 11 nitrogen and oxygen atoms in total. The number of amides is 1. The Morgan fingerprint density at radius 3 is 2.27 bits per heavy atom. The molecule has 1 fully saturated rings. The molecule has 0 radical (unpaired) electrons. The van der Waals surface area contributed by atoms with E-state index in [1.807, 2.05) is 65.8 Å². The van der Waals surface area contributed by atoms with Crippen molar-refractivity contribution in [3.63, 3.8) is 0 Å². The molecule has 2 aliphatic heterocycles. The summed E-state index contributed by atoms with van der Waals surface area (Å²) in [6, 6.07) is 2.84. The van der Waals surface area contributed by atoms with Gasteiger partial charge in [-0.1, -0.05) is 72.8 Å². The number of esters is 2. The molecule has 2 aliphatic rings. The third-order valence-electron chi connectivity index (χ3n) is 11.4. The monoisotopic (exact) mass is 794 g/mol. The molecule has 2 heterocycles. The lowest BCUT2D eigenvalue weighted by atomic mass is 9.88. The molecule has 0 aromatic carbocycles. The predicted octanol–water partition coefficient (Wildman–Crippen LogP) is 9.16. The van der Waals surface area contributed by atoms with Crippen molar-refractivity contribution in [2.45, 2.75) is 182 Å². The van der Waals surface area contributed by atoms with Crippen LogP contribution in [-0.2, 0) is 42.4 Å². The Bertz CT molecular complexity index is 1290. The number of ether oxygens (including phenoxy) is 6. The smallest absolute Gasteiger partial charge is 0.409 e. The van der Waals surface area contributed by atoms with E-state index in [9.17, 15) is 14.4 Å². The van der Waals surface area contributed by atoms with Gasteiger partial charge in [0.05, 0.1) is 24.7 Å². The van der Waals surface area contributed by atoms with E-state index in [0.29, 0.717) is 19.4 Å². The van der Waals surface area contributed by atoms with Gasteiger partial charge in [-0.15, -0.1) is 0 Å². The molecule has 0 aromatic heterocycles. The van der Waals surface area contributed by atoms with Crippen LogP contribution in [0.4, 0.5) is 4.79 Å². The van der Waals surface area contributed by atoms with E-state index in [2.05, 4.69) is 40.7 Å². The lowest BCUT2D eigenvalue weighted by molar-refractivity contribution is -0.227. The Balaban J connectivity index is 2.36. The van der Waals surface area contributed by atoms with Crippen LogP contribution in [-0.4, -0.2) is 100 Å². The maximum absolute atomic E-state index is 13.8. The summed E-state index contributed by atoms with van der Waals surface area (Å²) in [5, 5.41) is 0. The molecule has 55 heavy (non-hydrogen) atoms. The number of carbonyl (C=O) groups is 3. The van der Waals surface area contributed by atoms with Crippen molar-refractivity contribution < 1.29 is 47.2 Å². The average Bonchev–Trinajstić information content (AvgIpc) is 3.90. The van der Waals surface area contributed by atoms with Gasteiger partial charge in [-0.3, -0.25) is 9.59 Å². The van der Waals surface area contributed by atoms with Crippen molar-refractivity contribution in [1.82, 2.24) is 4.90 Å². The SMILES string of the molecule is CCOC(C)OC1(C)CCC(O[Si](CC)(CC)CC)CC(=O)OC(/C(C)=C/C=C/C(C)CC2OC2C(C)C(CC)OC(=O)N(C)C)C(C)/C=C/C1OC(C)=O. The molecule has 0 aromatic rings. The van der Waals surface area contributed by atoms with Crippen LogP contribution in [0.5, 0.6) is 0 Å². The highest BCUT2D eigenvalue weighted by molar-refractivity contribution is 6.73. The third-order valence-corrected chi connectivity index (χ3v) is 16.1. The highest BCUT2D eigenvalue weighted by Crippen LogP contribution is 2.38. The van der Waals surface area contributed by atoms with Crippen molar-refractivity contribution in [2.24, 2.45) is 17.8 Å². The fraction of sp³-hybridized carbons (Fsp3) is 0.791. The van der Waals surface area contributed by atoms with Crippen molar-refractivity contribution >= 4 is 26.3 Å². The normalized spacial score (nSPS) is 29.6. The molecular weight excluding hydrogens is 719 g/mol. The largest absolute Gasteiger partial charge is 0.457 e. The maximum atomic E-state index is 13.8. The summed E-state index contributed by atoms with van der Waals surface area (Å²) >= 11 is 0. The molecule has 0 N–H and O–H groups in total. The Labute approximate surface area is 334 Å². The predicted molar refractivity (Wildman–Crippen MR) is 219 cm³/mol. The van der Waals surface area contributed by atoms with Gasteiger partial charge in [0.2, 0.25) is 0 Å². The van der Waals surface area contributed by atoms with E-state index >= 15 is 0 Å². The molecule has 0 aliphatic carbocycles. The summed E-state index contributed by atoms with van der Waals surface area (Å²) in [5.41, 5.74) is -0.0653. The quantitative estimate of drug-likeness (QED) is 0.0238. The highest BCUT2D eigenvalue weighted by Gasteiger charge is 2.46. The summed E-state index contributed by atoms with van der Waals surface area (Å²) in [6.07, 6.45) is 10.1. The molecule has 11 atom stereocenters. The topological polar surface area (TPSA) is 122 Å². The second-order valence-corrected chi connectivity index (χ2v) is 20.8. The zero-order valence-corrected chi connectivity index (χ0v) is 37.6. The summed E-state index contributed by atoms with van der Waals surface area (Å²) in [7, 11) is 1.27. The molecule has 1 saturated heterocycles. The van der Waals surface area contributed by atoms with E-state index in [0.717, 1.165) is 36.5 Å². The zero-order valence-electron chi connectivity index (χ0n) is 36.6. The standard InChI is InChI=1S/C43H75NO10Si/c1-15-36(51-42(47)44(13)14)32(9)41-37(50-41)27-29(6)21-20-22-30(7)40-31(8)23-24-38(49-33(10)45)43(12,53-34(11)48-16-2)26-25-35(28-39(46)52-40)54-55(17-3,18-4)19-5/h20-24,29,31-32,34-38,40-41H,15-19,25-28H2,1-14H3/b21-20+,24-23+,30-22+. The van der Waals surface area contributed by atoms with Gasteiger partial charge in [-0.2, -0.15) is 0 Å². The first-order chi connectivity index (χ1) is 25.9. The van der Waals surface area contributed by atoms with Gasteiger partial charge in [0.25, 0.3) is 0 Å². The fourth-order valence-electron chi connectivity index (χ4n) is 7.59. The summed E-state index contributed by atoms with van der Waals surface area (Å²) < 4.78 is 43.2. The summed E-state index contributed by atoms with van der Waals surface area (Å²) in [5.74, 6) is -0.644. The lowest BCUT2D eigenvalue weighted by Crippen LogP contribution is -2.48. The van der Waals surface area contributed by atoms with Gasteiger partial charge in [-0.25, -0.2) is 4.79 Å². The van der Waals surface area contributed by atoms with Crippen molar-refractivity contribution in [3.05, 3.63) is 36.0 Å². The molecule has 0 saturated carbocycles. The molecule has 12 heteroatoms. The van der Waals surface area contributed by atoms with Crippen LogP contribution in [0.2, 0.25) is 18.1 Å². The highest BCUT2D eigenvalue weighted by atomic mass is 28.4. The van der Waals surface area contributed by atoms with Gasteiger partial charge in [0, 0.05) is 39.5 Å². The Kier molecular flexibility index (Phi) is 20.4. The third kappa shape index (κ3) is 15.4. The van der Waals surface area contributed by atoms with Crippen molar-refractivity contribution in [3.8, 4) is 0 Å². The van der Waals surface area contributed by atoms with Crippen LogP contribution >= 0.6 is 0 Å². The molecule has 2 rings (SSSR count). The molecule has 11 unspecified atom stereocenters. The minimum absolute atomic E-state index is 0.0503. The first-order valence-corrected chi connectivity index (χ1v) is 23.3. The van der Waals surface area contributed by atoms with Crippen LogP contribution in [0, 0.1) is 17.8 Å². The molecule has 316 valence electrons. The average molecular weight is 794 g/mol. The minimum atomic E-state index is -2.10. The van der Waals surface area contributed by atoms with Crippen LogP contribution in [0.1, 0.15) is 115 Å². The second-order valence-electron chi connectivity index (χ2n) is 16.1. The Morgan fingerprint density at radius 2 is 1.71 bits per heavy atom. The Hall–Kier alpha value is -2.51. The molecule has 0 spiro atoms. The number of hydrogen-bond acceptors (Lipinski definition) is 10. The zero-order chi connectivity index (χ0) is 41.5. The maximum Gasteiger partial charge on any atom is 0.409 e. The van der Waals surface area contributed by atoms with Gasteiger partial charge in [0.15, 0.2) is 14.6 Å². The van der Waals surface area contributed by atoms with Gasteiger partial charge < -0.3 is 37.7 Å². The number of carbonyl (C=O) groups excluding carboxylic acids is 3. The van der Waals surface area contributed by atoms with E-state index in [-0.39, 0.29) is 60.7 Å². The van der Waals surface area contributed by atoms with Crippen LogP contribution in [0.3, 0.4) is 0 Å². The second kappa shape index (κ2) is 23.0. The van der Waals surface area contributed by atoms with Gasteiger partial charge in [0.1, 0.15) is 23.9 Å². The van der Waals surface area contributed by atoms with E-state index in [4.69, 9.17) is 32.8 Å². The van der Waals surface area contributed by atoms with E-state index in [1.165, 1.54) is 11.8 Å². The molecular formula is C43H75NO10Si. The summed E-state index contributed by atoms with van der Waals surface area (Å²) in [4.78, 5) is 39.9. The number of nitrogens with zero attached hydrogens (tertiary/aromatic N) is 1. The van der Waals surface area contributed by atoms with Gasteiger partial charge >= 0.3 is 18.0 Å². The number of allylic oxidation sites excluding steroid dienone is 3. The van der Waals surface area contributed by atoms with Crippen molar-refractivity contribution in [2.75, 3.05) is 20.7 Å². The Morgan fingerprint density at radius 1 is 1.05 bits per heavy atom. The number of epoxide rings is 1. The molecule has 1 amide bonds. The first-order valence-electron chi connectivity index (χ1n) is 20.8. The van der Waals surface area contributed by atoms with Crippen LogP contribution in [0.15, 0.2) is 36.0 Å². The number of hydrogen-bond donors (Lipinski definition) is 0. The number of cyclic esters (lactones) is 1. The van der Waals surface area contributed by atoms with E-state index in [1.54, 1.807) is 14.1 Å². The van der Waals surface area contributed by atoms with Crippen LogP contribution < -0.4 is 0 Å². The van der Waals surface area contributed by atoms with Crippen molar-refractivity contribution in [1.29, 1.82) is 0 Å². The van der Waals surface area contributed by atoms with Crippen LogP contribution in [0.25, 0.3) is 0 Å². The summed E-state index contributed by atoms with van der Waals surface area (Å²) in [6.45, 7) is 24.3. The fourth-order valence-corrected chi connectivity index (χ4v) is 10.5.